The van der Waals surface area contributed by atoms with Crippen LogP contribution < -0.4 is 4.74 Å². The van der Waals surface area contributed by atoms with Crippen molar-refractivity contribution in [1.82, 2.24) is 0 Å². The summed E-state index contributed by atoms with van der Waals surface area (Å²) in [6.07, 6.45) is 0.620. The number of hydrogen-bond acceptors (Lipinski definition) is 4. The lowest BCUT2D eigenvalue weighted by molar-refractivity contribution is -0.386. The number of benzene rings is 1. The molecule has 5 nitrogen and oxygen atoms in total. The zero-order chi connectivity index (χ0) is 11.7. The molecule has 0 saturated heterocycles. The molecule has 1 fully saturated rings. The minimum atomic E-state index is -0.477. The van der Waals surface area contributed by atoms with Gasteiger partial charge in [0.05, 0.1) is 11.0 Å². The Balaban J connectivity index is 2.16. The lowest BCUT2D eigenvalue weighted by atomic mass is 9.92. The molecule has 1 aromatic carbocycles. The second kappa shape index (κ2) is 4.39. The molecule has 6 heteroatoms. The number of ether oxygens (including phenoxy) is 1. The molecule has 1 aliphatic rings. The van der Waals surface area contributed by atoms with Gasteiger partial charge in [-0.15, -0.1) is 0 Å². The van der Waals surface area contributed by atoms with Gasteiger partial charge in [-0.1, -0.05) is 15.9 Å². The third kappa shape index (κ3) is 2.33. The Kier molecular flexibility index (Phi) is 3.11. The summed E-state index contributed by atoms with van der Waals surface area (Å²) < 4.78 is 6.08. The van der Waals surface area contributed by atoms with Crippen molar-refractivity contribution in [2.24, 2.45) is 0 Å². The molecule has 0 atom stereocenters. The molecule has 1 saturated carbocycles. The number of nitro groups is 1. The Morgan fingerprint density at radius 1 is 1.50 bits per heavy atom. The maximum atomic E-state index is 10.8. The molecule has 0 heterocycles. The van der Waals surface area contributed by atoms with Crippen molar-refractivity contribution in [3.63, 3.8) is 0 Å². The van der Waals surface area contributed by atoms with Crippen LogP contribution in [-0.2, 0) is 0 Å². The molecule has 0 aromatic heterocycles. The van der Waals surface area contributed by atoms with E-state index in [-0.39, 0.29) is 23.6 Å². The van der Waals surface area contributed by atoms with Gasteiger partial charge in [0.25, 0.3) is 0 Å². The Morgan fingerprint density at radius 2 is 2.19 bits per heavy atom. The number of rotatable bonds is 3. The van der Waals surface area contributed by atoms with Crippen LogP contribution in [0.3, 0.4) is 0 Å². The van der Waals surface area contributed by atoms with Gasteiger partial charge >= 0.3 is 5.69 Å². The SMILES string of the molecule is O=[N+]([O-])c1cc(Br)ccc1OC1CC(O)C1. The monoisotopic (exact) mass is 287 g/mol. The molecule has 0 amide bonds. The van der Waals surface area contributed by atoms with E-state index in [0.29, 0.717) is 17.3 Å². The van der Waals surface area contributed by atoms with Crippen LogP contribution in [0.4, 0.5) is 5.69 Å². The van der Waals surface area contributed by atoms with Crippen LogP contribution in [0.25, 0.3) is 0 Å². The minimum absolute atomic E-state index is 0.0595. The average molecular weight is 288 g/mol. The zero-order valence-corrected chi connectivity index (χ0v) is 9.88. The van der Waals surface area contributed by atoms with Crippen molar-refractivity contribution in [2.45, 2.75) is 25.0 Å². The van der Waals surface area contributed by atoms with Gasteiger partial charge in [-0.3, -0.25) is 10.1 Å². The zero-order valence-electron chi connectivity index (χ0n) is 8.30. The van der Waals surface area contributed by atoms with E-state index in [9.17, 15) is 10.1 Å². The van der Waals surface area contributed by atoms with Gasteiger partial charge in [0.1, 0.15) is 6.10 Å². The maximum Gasteiger partial charge on any atom is 0.312 e. The fraction of sp³-hybridized carbons (Fsp3) is 0.400. The van der Waals surface area contributed by atoms with Gasteiger partial charge in [0.2, 0.25) is 0 Å². The summed E-state index contributed by atoms with van der Waals surface area (Å²) in [7, 11) is 0. The van der Waals surface area contributed by atoms with Crippen molar-refractivity contribution in [3.05, 3.63) is 32.8 Å². The molecule has 0 radical (unpaired) electrons. The molecule has 1 N–H and O–H groups in total. The highest BCUT2D eigenvalue weighted by Crippen LogP contribution is 2.34. The first-order valence-electron chi connectivity index (χ1n) is 4.85. The molecule has 0 unspecified atom stereocenters. The third-order valence-electron chi connectivity index (χ3n) is 2.48. The van der Waals surface area contributed by atoms with Crippen LogP contribution in [0, 0.1) is 10.1 Å². The van der Waals surface area contributed by atoms with Gasteiger partial charge < -0.3 is 9.84 Å². The van der Waals surface area contributed by atoms with E-state index >= 15 is 0 Å². The smallest absolute Gasteiger partial charge is 0.312 e. The summed E-state index contributed by atoms with van der Waals surface area (Å²) in [4.78, 5) is 10.3. The highest BCUT2D eigenvalue weighted by atomic mass is 79.9. The van der Waals surface area contributed by atoms with Crippen LogP contribution in [0.2, 0.25) is 0 Å². The molecule has 86 valence electrons. The second-order valence-electron chi connectivity index (χ2n) is 3.73. The first-order chi connectivity index (χ1) is 7.56. The van der Waals surface area contributed by atoms with Crippen LogP contribution in [-0.4, -0.2) is 22.2 Å². The summed E-state index contributed by atoms with van der Waals surface area (Å²) in [5.74, 6) is 0.255. The molecule has 1 aliphatic carbocycles. The standard InChI is InChI=1S/C10H10BrNO4/c11-6-1-2-10(9(3-6)12(14)15)16-8-4-7(13)5-8/h1-3,7-8,13H,4-5H2. The largest absolute Gasteiger partial charge is 0.483 e. The van der Waals surface area contributed by atoms with Crippen LogP contribution in [0.1, 0.15) is 12.8 Å². The van der Waals surface area contributed by atoms with Crippen LogP contribution in [0.15, 0.2) is 22.7 Å². The van der Waals surface area contributed by atoms with Gasteiger partial charge in [-0.25, -0.2) is 0 Å². The number of aliphatic hydroxyl groups is 1. The fourth-order valence-electron chi connectivity index (χ4n) is 1.55. The third-order valence-corrected chi connectivity index (χ3v) is 2.97. The molecule has 0 aliphatic heterocycles. The van der Waals surface area contributed by atoms with E-state index in [0.717, 1.165) is 0 Å². The number of hydrogen-bond donors (Lipinski definition) is 1. The molecule has 16 heavy (non-hydrogen) atoms. The van der Waals surface area contributed by atoms with Crippen molar-refractivity contribution in [1.29, 1.82) is 0 Å². The summed E-state index contributed by atoms with van der Waals surface area (Å²) in [5, 5.41) is 19.9. The number of halogens is 1. The topological polar surface area (TPSA) is 72.6 Å². The van der Waals surface area contributed by atoms with E-state index in [1.165, 1.54) is 6.07 Å². The normalized spacial score (nSPS) is 23.6. The summed E-state index contributed by atoms with van der Waals surface area (Å²) in [5.41, 5.74) is -0.0595. The molecular formula is C10H10BrNO4. The van der Waals surface area contributed by atoms with E-state index in [2.05, 4.69) is 15.9 Å². The van der Waals surface area contributed by atoms with Gasteiger partial charge in [0.15, 0.2) is 5.75 Å². The predicted octanol–water partition coefficient (Wildman–Crippen LogP) is 2.26. The molecule has 1 aromatic rings. The van der Waals surface area contributed by atoms with Crippen molar-refractivity contribution in [2.75, 3.05) is 0 Å². The van der Waals surface area contributed by atoms with Crippen LogP contribution in [0.5, 0.6) is 5.75 Å². The number of nitrogens with zero attached hydrogens (tertiary/aromatic N) is 1. The van der Waals surface area contributed by atoms with Crippen LogP contribution >= 0.6 is 15.9 Å². The minimum Gasteiger partial charge on any atom is -0.483 e. The Bertz CT molecular complexity index is 417. The Hall–Kier alpha value is -1.14. The Morgan fingerprint density at radius 3 is 2.75 bits per heavy atom. The molecule has 0 spiro atoms. The quantitative estimate of drug-likeness (QED) is 0.684. The highest BCUT2D eigenvalue weighted by Gasteiger charge is 2.30. The number of nitro benzene ring substituents is 1. The molecule has 2 rings (SSSR count). The Labute approximate surface area is 100 Å². The van der Waals surface area contributed by atoms with E-state index in [1.54, 1.807) is 12.1 Å². The highest BCUT2D eigenvalue weighted by molar-refractivity contribution is 9.10. The fourth-order valence-corrected chi connectivity index (χ4v) is 1.90. The first-order valence-corrected chi connectivity index (χ1v) is 5.64. The van der Waals surface area contributed by atoms with Crippen molar-refractivity contribution in [3.8, 4) is 5.75 Å². The molecular weight excluding hydrogens is 278 g/mol. The molecule has 0 bridgehead atoms. The van der Waals surface area contributed by atoms with E-state index < -0.39 is 4.92 Å². The second-order valence-corrected chi connectivity index (χ2v) is 4.65. The lowest BCUT2D eigenvalue weighted by Gasteiger charge is -2.31. The van der Waals surface area contributed by atoms with Gasteiger partial charge in [-0.05, 0) is 12.1 Å². The summed E-state index contributed by atoms with van der Waals surface area (Å²) >= 11 is 3.17. The van der Waals surface area contributed by atoms with Gasteiger partial charge in [-0.2, -0.15) is 0 Å². The maximum absolute atomic E-state index is 10.8. The predicted molar refractivity (Wildman–Crippen MR) is 60.5 cm³/mol. The lowest BCUT2D eigenvalue weighted by Crippen LogP contribution is -2.37. The van der Waals surface area contributed by atoms with Crippen molar-refractivity contribution < 1.29 is 14.8 Å². The van der Waals surface area contributed by atoms with Gasteiger partial charge in [0, 0.05) is 23.4 Å². The van der Waals surface area contributed by atoms with E-state index in [4.69, 9.17) is 9.84 Å². The summed E-state index contributed by atoms with van der Waals surface area (Å²) in [6.45, 7) is 0. The summed E-state index contributed by atoms with van der Waals surface area (Å²) in [6, 6.07) is 4.66. The van der Waals surface area contributed by atoms with Crippen molar-refractivity contribution >= 4 is 21.6 Å². The number of aliphatic hydroxyl groups excluding tert-OH is 1. The van der Waals surface area contributed by atoms with E-state index in [1.807, 2.05) is 0 Å². The average Bonchev–Trinajstić information content (AvgIpc) is 2.17. The first kappa shape index (κ1) is 11.3.